The SMILES string of the molecule is COCCn1nc(C(=O)N2CCC[C@@H]2CO)ccc1=O. The molecule has 20 heavy (non-hydrogen) atoms. The summed E-state index contributed by atoms with van der Waals surface area (Å²) in [5.74, 6) is -0.243. The maximum absolute atomic E-state index is 12.4. The molecule has 1 aliphatic rings. The van der Waals surface area contributed by atoms with E-state index in [-0.39, 0.29) is 29.8 Å². The van der Waals surface area contributed by atoms with E-state index in [1.807, 2.05) is 0 Å². The van der Waals surface area contributed by atoms with Gasteiger partial charge in [0.05, 0.1) is 25.8 Å². The number of nitrogens with zero attached hydrogens (tertiary/aromatic N) is 3. The molecule has 7 nitrogen and oxygen atoms in total. The Morgan fingerprint density at radius 3 is 3.05 bits per heavy atom. The number of rotatable bonds is 5. The number of aliphatic hydroxyl groups excluding tert-OH is 1. The predicted octanol–water partition coefficient (Wildman–Crippen LogP) is -0.513. The molecule has 1 amide bonds. The molecule has 2 heterocycles. The molecule has 0 unspecified atom stereocenters. The van der Waals surface area contributed by atoms with Crippen molar-refractivity contribution in [2.24, 2.45) is 0 Å². The maximum atomic E-state index is 12.4. The van der Waals surface area contributed by atoms with Crippen LogP contribution in [0.2, 0.25) is 0 Å². The van der Waals surface area contributed by atoms with E-state index >= 15 is 0 Å². The van der Waals surface area contributed by atoms with E-state index in [0.29, 0.717) is 19.7 Å². The molecule has 0 saturated carbocycles. The Balaban J connectivity index is 2.19. The molecule has 1 N–H and O–H groups in total. The van der Waals surface area contributed by atoms with Crippen molar-refractivity contribution < 1.29 is 14.6 Å². The average Bonchev–Trinajstić information content (AvgIpc) is 2.94. The van der Waals surface area contributed by atoms with Gasteiger partial charge in [-0.1, -0.05) is 0 Å². The van der Waals surface area contributed by atoms with Crippen LogP contribution in [0.5, 0.6) is 0 Å². The third-order valence-electron chi connectivity index (χ3n) is 3.44. The quantitative estimate of drug-likeness (QED) is 0.785. The zero-order chi connectivity index (χ0) is 14.5. The summed E-state index contributed by atoms with van der Waals surface area (Å²) in [5.41, 5.74) is -0.0419. The van der Waals surface area contributed by atoms with Crippen LogP contribution in [0.15, 0.2) is 16.9 Å². The number of hydrogen-bond acceptors (Lipinski definition) is 5. The molecule has 1 atom stereocenters. The first-order valence-electron chi connectivity index (χ1n) is 6.66. The van der Waals surface area contributed by atoms with Crippen LogP contribution in [-0.4, -0.2) is 58.6 Å². The lowest BCUT2D eigenvalue weighted by Gasteiger charge is -2.22. The highest BCUT2D eigenvalue weighted by molar-refractivity contribution is 5.92. The van der Waals surface area contributed by atoms with Crippen molar-refractivity contribution in [1.29, 1.82) is 0 Å². The number of hydrogen-bond donors (Lipinski definition) is 1. The summed E-state index contributed by atoms with van der Waals surface area (Å²) in [5, 5.41) is 13.3. The summed E-state index contributed by atoms with van der Waals surface area (Å²) in [6.45, 7) is 1.23. The number of carbonyl (C=O) groups excluding carboxylic acids is 1. The first kappa shape index (κ1) is 14.7. The van der Waals surface area contributed by atoms with Gasteiger partial charge >= 0.3 is 0 Å². The Bertz CT molecular complexity index is 529. The highest BCUT2D eigenvalue weighted by Gasteiger charge is 2.29. The standard InChI is InChI=1S/C13H19N3O4/c1-20-8-7-16-12(18)5-4-11(14-16)13(19)15-6-2-3-10(15)9-17/h4-5,10,17H,2-3,6-9H2,1H3/t10-/m1/s1. The second-order valence-corrected chi connectivity index (χ2v) is 4.75. The molecule has 0 aliphatic carbocycles. The molecule has 110 valence electrons. The number of methoxy groups -OCH3 is 1. The van der Waals surface area contributed by atoms with E-state index in [4.69, 9.17) is 4.74 Å². The molecule has 0 spiro atoms. The van der Waals surface area contributed by atoms with Crippen LogP contribution >= 0.6 is 0 Å². The minimum absolute atomic E-state index is 0.0466. The van der Waals surface area contributed by atoms with E-state index in [2.05, 4.69) is 5.10 Å². The van der Waals surface area contributed by atoms with Gasteiger partial charge in [-0.25, -0.2) is 4.68 Å². The van der Waals surface area contributed by atoms with Gasteiger partial charge in [0.15, 0.2) is 0 Å². The van der Waals surface area contributed by atoms with Gasteiger partial charge in [-0.15, -0.1) is 0 Å². The van der Waals surface area contributed by atoms with Gasteiger partial charge in [-0.3, -0.25) is 9.59 Å². The topological polar surface area (TPSA) is 84.7 Å². The number of aliphatic hydroxyl groups is 1. The Hall–Kier alpha value is -1.73. The zero-order valence-corrected chi connectivity index (χ0v) is 11.5. The predicted molar refractivity (Wildman–Crippen MR) is 71.5 cm³/mol. The van der Waals surface area contributed by atoms with Crippen molar-refractivity contribution in [3.63, 3.8) is 0 Å². The first-order chi connectivity index (χ1) is 9.67. The summed E-state index contributed by atoms with van der Waals surface area (Å²) in [6.07, 6.45) is 1.67. The van der Waals surface area contributed by atoms with Gasteiger partial charge < -0.3 is 14.7 Å². The molecule has 1 aromatic rings. The van der Waals surface area contributed by atoms with Crippen LogP contribution < -0.4 is 5.56 Å². The fraction of sp³-hybridized carbons (Fsp3) is 0.615. The van der Waals surface area contributed by atoms with Gasteiger partial charge in [0, 0.05) is 19.7 Å². The fourth-order valence-electron chi connectivity index (χ4n) is 2.34. The minimum Gasteiger partial charge on any atom is -0.394 e. The Morgan fingerprint density at radius 1 is 1.55 bits per heavy atom. The lowest BCUT2D eigenvalue weighted by Crippen LogP contribution is -2.39. The van der Waals surface area contributed by atoms with Crippen molar-refractivity contribution in [3.8, 4) is 0 Å². The van der Waals surface area contributed by atoms with E-state index < -0.39 is 0 Å². The van der Waals surface area contributed by atoms with E-state index in [1.54, 1.807) is 4.90 Å². The van der Waals surface area contributed by atoms with Gasteiger partial charge in [0.25, 0.3) is 11.5 Å². The third kappa shape index (κ3) is 3.05. The molecule has 1 aromatic heterocycles. The maximum Gasteiger partial charge on any atom is 0.274 e. The normalized spacial score (nSPS) is 18.5. The Morgan fingerprint density at radius 2 is 2.35 bits per heavy atom. The second kappa shape index (κ2) is 6.62. The van der Waals surface area contributed by atoms with Crippen LogP contribution in [0.25, 0.3) is 0 Å². The van der Waals surface area contributed by atoms with Crippen LogP contribution in [-0.2, 0) is 11.3 Å². The first-order valence-corrected chi connectivity index (χ1v) is 6.66. The van der Waals surface area contributed by atoms with Crippen LogP contribution in [0.4, 0.5) is 0 Å². The summed E-state index contributed by atoms with van der Waals surface area (Å²) < 4.78 is 6.13. The van der Waals surface area contributed by atoms with Crippen LogP contribution in [0, 0.1) is 0 Å². The monoisotopic (exact) mass is 281 g/mol. The third-order valence-corrected chi connectivity index (χ3v) is 3.44. The highest BCUT2D eigenvalue weighted by Crippen LogP contribution is 2.18. The molecular weight excluding hydrogens is 262 g/mol. The summed E-state index contributed by atoms with van der Waals surface area (Å²) >= 11 is 0. The van der Waals surface area contributed by atoms with Crippen molar-refractivity contribution in [1.82, 2.24) is 14.7 Å². The van der Waals surface area contributed by atoms with E-state index in [1.165, 1.54) is 23.9 Å². The van der Waals surface area contributed by atoms with Crippen molar-refractivity contribution >= 4 is 5.91 Å². The van der Waals surface area contributed by atoms with Gasteiger partial charge in [-0.2, -0.15) is 5.10 Å². The highest BCUT2D eigenvalue weighted by atomic mass is 16.5. The molecule has 1 saturated heterocycles. The summed E-state index contributed by atoms with van der Waals surface area (Å²) in [6, 6.07) is 2.62. The molecule has 0 aromatic carbocycles. The van der Waals surface area contributed by atoms with Crippen molar-refractivity contribution in [2.45, 2.75) is 25.4 Å². The van der Waals surface area contributed by atoms with Gasteiger partial charge in [0.2, 0.25) is 0 Å². The van der Waals surface area contributed by atoms with Gasteiger partial charge in [-0.05, 0) is 18.9 Å². The second-order valence-electron chi connectivity index (χ2n) is 4.75. The summed E-state index contributed by atoms with van der Waals surface area (Å²) in [4.78, 5) is 25.6. The fourth-order valence-corrected chi connectivity index (χ4v) is 2.34. The summed E-state index contributed by atoms with van der Waals surface area (Å²) in [7, 11) is 1.54. The molecule has 1 aliphatic heterocycles. The lowest BCUT2D eigenvalue weighted by molar-refractivity contribution is 0.0668. The molecule has 2 rings (SSSR count). The minimum atomic E-state index is -0.265. The molecule has 1 fully saturated rings. The lowest BCUT2D eigenvalue weighted by atomic mass is 10.2. The Kier molecular flexibility index (Phi) is 4.86. The molecule has 0 bridgehead atoms. The number of likely N-dealkylation sites (tertiary alicyclic amines) is 1. The largest absolute Gasteiger partial charge is 0.394 e. The van der Waals surface area contributed by atoms with E-state index in [9.17, 15) is 14.7 Å². The molecular formula is C13H19N3O4. The number of amides is 1. The molecule has 7 heteroatoms. The van der Waals surface area contributed by atoms with E-state index in [0.717, 1.165) is 12.8 Å². The average molecular weight is 281 g/mol. The van der Waals surface area contributed by atoms with Crippen molar-refractivity contribution in [2.75, 3.05) is 26.9 Å². The Labute approximate surface area is 116 Å². The van der Waals surface area contributed by atoms with Crippen LogP contribution in [0.3, 0.4) is 0 Å². The molecule has 0 radical (unpaired) electrons. The zero-order valence-electron chi connectivity index (χ0n) is 11.5. The number of carbonyl (C=O) groups is 1. The number of ether oxygens (including phenoxy) is 1. The smallest absolute Gasteiger partial charge is 0.274 e. The van der Waals surface area contributed by atoms with Crippen LogP contribution in [0.1, 0.15) is 23.3 Å². The number of aromatic nitrogens is 2. The van der Waals surface area contributed by atoms with Crippen molar-refractivity contribution in [3.05, 3.63) is 28.2 Å². The van der Waals surface area contributed by atoms with Gasteiger partial charge in [0.1, 0.15) is 5.69 Å².